The molecule has 0 bridgehead atoms. The second kappa shape index (κ2) is 22.4. The van der Waals surface area contributed by atoms with Gasteiger partial charge in [0.05, 0.1) is 23.6 Å². The molecule has 5 nitrogen and oxygen atoms in total. The third kappa shape index (κ3) is 18.3. The number of rotatable bonds is 26. The predicted molar refractivity (Wildman–Crippen MR) is 224 cm³/mol. The molecular formula is C42H81NO4SSi2. The Hall–Kier alpha value is -0.776. The molecule has 0 fully saturated rings. The standard InChI is InChI=1S/C42H81NO4SSi2/c1-14-15-16-25-28-36(2)29-26-23-21-19-17-18-20-22-24-27-30-40(47-50(12,13)42(7,8)9)39(35-46-49(10,11)41(4,5)6)43-48(44,45)38-33-31-37(3)32-34-38/h27,30-34,36,39-40,43H,14-26,28-29,35H2,1-13H3/b30-27+/t36-,39+,40-/m1/s1. The number of unbranched alkanes of at least 4 members (excludes halogenated alkanes) is 11. The molecule has 3 atom stereocenters. The van der Waals surface area contributed by atoms with E-state index in [9.17, 15) is 8.42 Å². The van der Waals surface area contributed by atoms with Gasteiger partial charge in [-0.3, -0.25) is 0 Å². The third-order valence-corrected chi connectivity index (χ3v) is 21.9. The Labute approximate surface area is 313 Å². The average molecular weight is 752 g/mol. The SMILES string of the molecule is CCCCCC[C@@H](C)CCCCCCCCCC/C=C/[C@@H](O[Si](C)(C)C(C)(C)C)[C@H](CO[Si](C)(C)C(C)(C)C)NS(=O)(=O)c1ccc(C)cc1. The summed E-state index contributed by atoms with van der Waals surface area (Å²) in [5, 5.41) is -0.0165. The van der Waals surface area contributed by atoms with Gasteiger partial charge in [0.25, 0.3) is 0 Å². The largest absolute Gasteiger partial charge is 0.415 e. The molecule has 1 aromatic carbocycles. The molecule has 0 aliphatic carbocycles. The quantitative estimate of drug-likeness (QED) is 0.0581. The van der Waals surface area contributed by atoms with Crippen LogP contribution < -0.4 is 4.72 Å². The minimum Gasteiger partial charge on any atom is -0.415 e. The van der Waals surface area contributed by atoms with E-state index in [1.54, 1.807) is 12.1 Å². The molecule has 1 rings (SSSR count). The summed E-state index contributed by atoms with van der Waals surface area (Å²) in [4.78, 5) is 0.267. The van der Waals surface area contributed by atoms with E-state index in [4.69, 9.17) is 8.85 Å². The molecule has 0 aliphatic rings. The molecule has 0 unspecified atom stereocenters. The third-order valence-electron chi connectivity index (χ3n) is 11.4. The van der Waals surface area contributed by atoms with E-state index in [1.165, 1.54) is 83.5 Å². The molecule has 0 amide bonds. The highest BCUT2D eigenvalue weighted by Gasteiger charge is 2.43. The van der Waals surface area contributed by atoms with Gasteiger partial charge in [0.1, 0.15) is 0 Å². The van der Waals surface area contributed by atoms with Crippen molar-refractivity contribution >= 4 is 26.7 Å². The topological polar surface area (TPSA) is 64.6 Å². The minimum absolute atomic E-state index is 0.00509. The summed E-state index contributed by atoms with van der Waals surface area (Å²) in [5.74, 6) is 0.889. The fourth-order valence-corrected chi connectivity index (χ4v) is 9.11. The molecule has 0 aliphatic heterocycles. The first kappa shape index (κ1) is 47.2. The minimum atomic E-state index is -3.79. The van der Waals surface area contributed by atoms with Crippen molar-refractivity contribution in [2.75, 3.05) is 6.61 Å². The molecular weight excluding hydrogens is 671 g/mol. The highest BCUT2D eigenvalue weighted by atomic mass is 32.2. The summed E-state index contributed by atoms with van der Waals surface area (Å²) < 4.78 is 44.3. The lowest BCUT2D eigenvalue weighted by Crippen LogP contribution is -2.54. The van der Waals surface area contributed by atoms with Gasteiger partial charge in [0.15, 0.2) is 16.6 Å². The maximum absolute atomic E-state index is 13.8. The number of allylic oxidation sites excluding steroid dienone is 1. The molecule has 0 radical (unpaired) electrons. The summed E-state index contributed by atoms with van der Waals surface area (Å²) in [6.07, 6.45) is 23.7. The van der Waals surface area contributed by atoms with Crippen LogP contribution in [-0.4, -0.2) is 43.8 Å². The summed E-state index contributed by atoms with van der Waals surface area (Å²) in [6.45, 7) is 29.2. The molecule has 292 valence electrons. The van der Waals surface area contributed by atoms with E-state index in [1.807, 2.05) is 19.1 Å². The van der Waals surface area contributed by atoms with Crippen molar-refractivity contribution in [1.29, 1.82) is 0 Å². The van der Waals surface area contributed by atoms with Crippen molar-refractivity contribution in [2.24, 2.45) is 5.92 Å². The molecule has 0 heterocycles. The van der Waals surface area contributed by atoms with Crippen LogP contribution in [0.2, 0.25) is 36.3 Å². The van der Waals surface area contributed by atoms with Crippen LogP contribution in [0.4, 0.5) is 0 Å². The molecule has 1 N–H and O–H groups in total. The lowest BCUT2D eigenvalue weighted by atomic mass is 9.96. The second-order valence-electron chi connectivity index (χ2n) is 18.2. The van der Waals surface area contributed by atoms with Gasteiger partial charge in [0.2, 0.25) is 10.0 Å². The summed E-state index contributed by atoms with van der Waals surface area (Å²) in [5.41, 5.74) is 1.03. The zero-order valence-corrected chi connectivity index (χ0v) is 37.9. The van der Waals surface area contributed by atoms with Crippen molar-refractivity contribution in [3.63, 3.8) is 0 Å². The molecule has 50 heavy (non-hydrogen) atoms. The van der Waals surface area contributed by atoms with Crippen molar-refractivity contribution in [2.45, 2.75) is 212 Å². The Kier molecular flexibility index (Phi) is 21.2. The number of hydrogen-bond acceptors (Lipinski definition) is 4. The molecule has 8 heteroatoms. The van der Waals surface area contributed by atoms with Crippen molar-refractivity contribution < 1.29 is 17.3 Å². The van der Waals surface area contributed by atoms with Gasteiger partial charge in [-0.15, -0.1) is 0 Å². The number of hydrogen-bond donors (Lipinski definition) is 1. The smallest absolute Gasteiger partial charge is 0.240 e. The number of benzene rings is 1. The van der Waals surface area contributed by atoms with Crippen LogP contribution in [0.3, 0.4) is 0 Å². The summed E-state index contributed by atoms with van der Waals surface area (Å²) in [7, 11) is -8.20. The van der Waals surface area contributed by atoms with Crippen LogP contribution in [-0.2, 0) is 18.9 Å². The van der Waals surface area contributed by atoms with Crippen LogP contribution in [0.5, 0.6) is 0 Å². The maximum Gasteiger partial charge on any atom is 0.240 e. The van der Waals surface area contributed by atoms with E-state index in [0.29, 0.717) is 0 Å². The van der Waals surface area contributed by atoms with E-state index < -0.39 is 38.8 Å². The Bertz CT molecular complexity index is 1180. The van der Waals surface area contributed by atoms with Crippen LogP contribution >= 0.6 is 0 Å². The van der Waals surface area contributed by atoms with Crippen LogP contribution in [0.1, 0.15) is 157 Å². The van der Waals surface area contributed by atoms with Gasteiger partial charge in [-0.05, 0) is 74.1 Å². The fraction of sp³-hybridized carbons (Fsp3) is 0.810. The number of nitrogens with one attached hydrogen (secondary N) is 1. The van der Waals surface area contributed by atoms with E-state index in [2.05, 4.69) is 98.5 Å². The number of aryl methyl sites for hydroxylation is 1. The molecule has 0 spiro atoms. The van der Waals surface area contributed by atoms with E-state index >= 15 is 0 Å². The summed E-state index contributed by atoms with van der Waals surface area (Å²) in [6, 6.07) is 6.50. The Morgan fingerprint density at radius 3 is 1.72 bits per heavy atom. The lowest BCUT2D eigenvalue weighted by Gasteiger charge is -2.42. The molecule has 0 saturated carbocycles. The zero-order valence-electron chi connectivity index (χ0n) is 35.1. The van der Waals surface area contributed by atoms with Crippen molar-refractivity contribution in [1.82, 2.24) is 4.72 Å². The summed E-state index contributed by atoms with van der Waals surface area (Å²) >= 11 is 0. The first-order valence-corrected chi connectivity index (χ1v) is 27.5. The zero-order chi connectivity index (χ0) is 38.1. The first-order chi connectivity index (χ1) is 23.1. The van der Waals surface area contributed by atoms with Gasteiger partial charge in [-0.2, -0.15) is 0 Å². The van der Waals surface area contributed by atoms with Crippen molar-refractivity contribution in [3.8, 4) is 0 Å². The Morgan fingerprint density at radius 2 is 1.22 bits per heavy atom. The average Bonchev–Trinajstić information content (AvgIpc) is 3.00. The second-order valence-corrected chi connectivity index (χ2v) is 29.5. The van der Waals surface area contributed by atoms with Crippen molar-refractivity contribution in [3.05, 3.63) is 42.0 Å². The van der Waals surface area contributed by atoms with Gasteiger partial charge in [-0.1, -0.05) is 169 Å². The maximum atomic E-state index is 13.8. The van der Waals surface area contributed by atoms with Crippen LogP contribution in [0, 0.1) is 12.8 Å². The van der Waals surface area contributed by atoms with Gasteiger partial charge in [-0.25, -0.2) is 13.1 Å². The predicted octanol–water partition coefficient (Wildman–Crippen LogP) is 13.1. The Balaban J connectivity index is 2.88. The first-order valence-electron chi connectivity index (χ1n) is 20.2. The number of sulfonamides is 1. The highest BCUT2D eigenvalue weighted by molar-refractivity contribution is 7.89. The van der Waals surface area contributed by atoms with E-state index in [0.717, 1.165) is 24.3 Å². The van der Waals surface area contributed by atoms with Crippen LogP contribution in [0.15, 0.2) is 41.3 Å². The van der Waals surface area contributed by atoms with Gasteiger partial charge >= 0.3 is 0 Å². The van der Waals surface area contributed by atoms with Gasteiger partial charge < -0.3 is 8.85 Å². The van der Waals surface area contributed by atoms with Crippen LogP contribution in [0.25, 0.3) is 0 Å². The normalized spacial score (nSPS) is 15.5. The van der Waals surface area contributed by atoms with Gasteiger partial charge in [0, 0.05) is 0 Å². The highest BCUT2D eigenvalue weighted by Crippen LogP contribution is 2.39. The monoisotopic (exact) mass is 752 g/mol. The van der Waals surface area contributed by atoms with E-state index in [-0.39, 0.29) is 21.6 Å². The molecule has 1 aromatic rings. The Morgan fingerprint density at radius 1 is 0.740 bits per heavy atom. The molecule has 0 aromatic heterocycles. The lowest BCUT2D eigenvalue weighted by molar-refractivity contribution is 0.143. The fourth-order valence-electron chi connectivity index (χ4n) is 5.58. The molecule has 0 saturated heterocycles.